The number of rotatable bonds is 8. The molecule has 0 aliphatic carbocycles. The maximum Gasteiger partial charge on any atom is 0.234 e. The lowest BCUT2D eigenvalue weighted by Crippen LogP contribution is -2.15. The van der Waals surface area contributed by atoms with Gasteiger partial charge in [-0.1, -0.05) is 37.2 Å². The second kappa shape index (κ2) is 9.54. The van der Waals surface area contributed by atoms with Crippen molar-refractivity contribution in [1.29, 1.82) is 0 Å². The molecule has 0 aromatic carbocycles. The number of hydrogen-bond acceptors (Lipinski definition) is 6. The summed E-state index contributed by atoms with van der Waals surface area (Å²) in [6.07, 6.45) is 3.50. The minimum atomic E-state index is -0.159. The molecule has 0 aliphatic heterocycles. The van der Waals surface area contributed by atoms with Gasteiger partial charge in [0.1, 0.15) is 0 Å². The maximum atomic E-state index is 12.3. The monoisotopic (exact) mass is 435 g/mol. The van der Waals surface area contributed by atoms with Gasteiger partial charge < -0.3 is 9.88 Å². The Balaban J connectivity index is 1.76. The number of thioether (sulfide) groups is 1. The third-order valence-corrected chi connectivity index (χ3v) is 6.45. The third-order valence-electron chi connectivity index (χ3n) is 4.23. The number of hydrogen-bond donors (Lipinski definition) is 1. The molecule has 3 aromatic heterocycles. The summed E-state index contributed by atoms with van der Waals surface area (Å²) >= 11 is 9.11. The molecule has 148 valence electrons. The van der Waals surface area contributed by atoms with Gasteiger partial charge in [-0.05, 0) is 37.5 Å². The lowest BCUT2D eigenvalue weighted by molar-refractivity contribution is -0.113. The van der Waals surface area contributed by atoms with Crippen molar-refractivity contribution in [3.63, 3.8) is 0 Å². The molecule has 0 fully saturated rings. The lowest BCUT2D eigenvalue weighted by atomic mass is 10.1. The van der Waals surface area contributed by atoms with E-state index in [0.717, 1.165) is 35.9 Å². The van der Waals surface area contributed by atoms with E-state index < -0.39 is 0 Å². The second-order valence-corrected chi connectivity index (χ2v) is 8.56. The molecule has 3 heterocycles. The highest BCUT2D eigenvalue weighted by molar-refractivity contribution is 7.99. The van der Waals surface area contributed by atoms with Gasteiger partial charge in [0.2, 0.25) is 5.91 Å². The van der Waals surface area contributed by atoms with Crippen molar-refractivity contribution < 1.29 is 4.79 Å². The molecule has 0 radical (unpaired) electrons. The Labute approximate surface area is 177 Å². The number of aromatic nitrogens is 4. The van der Waals surface area contributed by atoms with E-state index in [1.807, 2.05) is 0 Å². The number of nitrogens with one attached hydrogen (secondary N) is 1. The molecular weight excluding hydrogens is 414 g/mol. The van der Waals surface area contributed by atoms with Crippen LogP contribution in [0.15, 0.2) is 28.9 Å². The molecule has 0 bridgehead atoms. The first-order valence-corrected chi connectivity index (χ1v) is 11.3. The van der Waals surface area contributed by atoms with Gasteiger partial charge in [0.25, 0.3) is 0 Å². The van der Waals surface area contributed by atoms with Gasteiger partial charge in [-0.25, -0.2) is 4.98 Å². The number of aryl methyl sites for hydroxylation is 1. The number of nitrogens with zero attached hydrogens (tertiary/aromatic N) is 4. The number of pyridine rings is 1. The number of anilines is 1. The van der Waals surface area contributed by atoms with E-state index in [0.29, 0.717) is 5.69 Å². The van der Waals surface area contributed by atoms with E-state index in [1.165, 1.54) is 22.2 Å². The van der Waals surface area contributed by atoms with Crippen molar-refractivity contribution >= 4 is 46.3 Å². The van der Waals surface area contributed by atoms with E-state index in [1.54, 1.807) is 29.7 Å². The van der Waals surface area contributed by atoms with Crippen molar-refractivity contribution in [2.75, 3.05) is 11.1 Å². The summed E-state index contributed by atoms with van der Waals surface area (Å²) in [6.45, 7) is 7.22. The average molecular weight is 436 g/mol. The van der Waals surface area contributed by atoms with Crippen LogP contribution in [0.5, 0.6) is 0 Å². The SMILES string of the molecule is CCCn1c(SCC(=O)Nc2cccnc2Cl)nnc1-c1csc(C)c1CC. The van der Waals surface area contributed by atoms with Gasteiger partial charge in [0, 0.05) is 28.6 Å². The minimum absolute atomic E-state index is 0.159. The largest absolute Gasteiger partial charge is 0.323 e. The van der Waals surface area contributed by atoms with Crippen LogP contribution in [0.3, 0.4) is 0 Å². The summed E-state index contributed by atoms with van der Waals surface area (Å²) in [5, 5.41) is 14.7. The van der Waals surface area contributed by atoms with Crippen molar-refractivity contribution in [3.05, 3.63) is 39.3 Å². The fraction of sp³-hybridized carbons (Fsp3) is 0.368. The summed E-state index contributed by atoms with van der Waals surface area (Å²) in [7, 11) is 0. The standard InChI is InChI=1S/C19H22ClN5OS2/c1-4-9-25-18(14-10-27-12(3)13(14)5-2)23-24-19(25)28-11-16(26)22-15-7-6-8-21-17(15)20/h6-8,10H,4-5,9,11H2,1-3H3,(H,22,26). The Morgan fingerprint density at radius 1 is 1.36 bits per heavy atom. The van der Waals surface area contributed by atoms with Gasteiger partial charge in [0.15, 0.2) is 16.1 Å². The Morgan fingerprint density at radius 3 is 2.89 bits per heavy atom. The van der Waals surface area contributed by atoms with Gasteiger partial charge in [0.05, 0.1) is 11.4 Å². The molecule has 0 saturated carbocycles. The van der Waals surface area contributed by atoms with Crippen LogP contribution in [-0.4, -0.2) is 31.4 Å². The molecule has 0 spiro atoms. The first-order valence-electron chi connectivity index (χ1n) is 9.08. The molecule has 6 nitrogen and oxygen atoms in total. The zero-order valence-electron chi connectivity index (χ0n) is 16.0. The first-order chi connectivity index (χ1) is 13.5. The fourth-order valence-corrected chi connectivity index (χ4v) is 4.79. The summed E-state index contributed by atoms with van der Waals surface area (Å²) in [5.41, 5.74) is 2.96. The maximum absolute atomic E-state index is 12.3. The molecule has 28 heavy (non-hydrogen) atoms. The zero-order chi connectivity index (χ0) is 20.1. The van der Waals surface area contributed by atoms with Crippen LogP contribution in [0.25, 0.3) is 11.4 Å². The smallest absolute Gasteiger partial charge is 0.234 e. The van der Waals surface area contributed by atoms with Gasteiger partial charge in [-0.15, -0.1) is 21.5 Å². The van der Waals surface area contributed by atoms with Crippen LogP contribution in [0.1, 0.15) is 30.7 Å². The summed E-state index contributed by atoms with van der Waals surface area (Å²) in [4.78, 5) is 17.6. The molecule has 1 amide bonds. The number of amides is 1. The Morgan fingerprint density at radius 2 is 2.18 bits per heavy atom. The Hall–Kier alpha value is -1.90. The summed E-state index contributed by atoms with van der Waals surface area (Å²) in [6, 6.07) is 3.45. The molecule has 3 aromatic rings. The van der Waals surface area contributed by atoms with Crippen molar-refractivity contribution in [2.24, 2.45) is 0 Å². The molecule has 9 heteroatoms. The van der Waals surface area contributed by atoms with Crippen LogP contribution >= 0.6 is 34.7 Å². The molecule has 1 N–H and O–H groups in total. The van der Waals surface area contributed by atoms with Crippen molar-refractivity contribution in [1.82, 2.24) is 19.7 Å². The van der Waals surface area contributed by atoms with Gasteiger partial charge in [-0.3, -0.25) is 4.79 Å². The predicted octanol–water partition coefficient (Wildman–Crippen LogP) is 5.07. The highest BCUT2D eigenvalue weighted by atomic mass is 35.5. The highest BCUT2D eigenvalue weighted by Crippen LogP contribution is 2.32. The van der Waals surface area contributed by atoms with E-state index in [2.05, 4.69) is 51.2 Å². The van der Waals surface area contributed by atoms with Crippen LogP contribution in [0.2, 0.25) is 5.15 Å². The number of thiophene rings is 1. The number of halogens is 1. The number of carbonyl (C=O) groups excluding carboxylic acids is 1. The highest BCUT2D eigenvalue weighted by Gasteiger charge is 2.19. The van der Waals surface area contributed by atoms with Crippen LogP contribution in [0, 0.1) is 6.92 Å². The van der Waals surface area contributed by atoms with E-state index in [-0.39, 0.29) is 16.8 Å². The number of carbonyl (C=O) groups is 1. The Bertz CT molecular complexity index is 969. The molecular formula is C19H22ClN5OS2. The van der Waals surface area contributed by atoms with Crippen LogP contribution < -0.4 is 5.32 Å². The first kappa shape index (κ1) is 20.8. The minimum Gasteiger partial charge on any atom is -0.323 e. The fourth-order valence-electron chi connectivity index (χ4n) is 2.92. The molecule has 0 atom stereocenters. The van der Waals surface area contributed by atoms with E-state index >= 15 is 0 Å². The normalized spacial score (nSPS) is 11.0. The van der Waals surface area contributed by atoms with Gasteiger partial charge >= 0.3 is 0 Å². The van der Waals surface area contributed by atoms with Crippen molar-refractivity contribution in [3.8, 4) is 11.4 Å². The van der Waals surface area contributed by atoms with Crippen LogP contribution in [0.4, 0.5) is 5.69 Å². The van der Waals surface area contributed by atoms with Crippen LogP contribution in [-0.2, 0) is 17.8 Å². The zero-order valence-corrected chi connectivity index (χ0v) is 18.4. The lowest BCUT2D eigenvalue weighted by Gasteiger charge is -2.10. The predicted molar refractivity (Wildman–Crippen MR) is 116 cm³/mol. The topological polar surface area (TPSA) is 72.7 Å². The summed E-state index contributed by atoms with van der Waals surface area (Å²) < 4.78 is 2.11. The van der Waals surface area contributed by atoms with Gasteiger partial charge in [-0.2, -0.15) is 0 Å². The third kappa shape index (κ3) is 4.56. The Kier molecular flexibility index (Phi) is 7.09. The van der Waals surface area contributed by atoms with E-state index in [4.69, 9.17) is 11.6 Å². The average Bonchev–Trinajstić information content (AvgIpc) is 3.25. The van der Waals surface area contributed by atoms with Crippen molar-refractivity contribution in [2.45, 2.75) is 45.3 Å². The molecule has 0 saturated heterocycles. The molecule has 0 unspecified atom stereocenters. The molecule has 3 rings (SSSR count). The quantitative estimate of drug-likeness (QED) is 0.395. The molecule has 0 aliphatic rings. The van der Waals surface area contributed by atoms with E-state index in [9.17, 15) is 4.79 Å². The second-order valence-electron chi connectivity index (χ2n) is 6.17. The summed E-state index contributed by atoms with van der Waals surface area (Å²) in [5.74, 6) is 0.936.